The Morgan fingerprint density at radius 1 is 1.15 bits per heavy atom. The molecule has 1 saturated carbocycles. The number of piperazine rings is 1. The first-order valence-corrected chi connectivity index (χ1v) is 10.6. The molecule has 0 aromatic rings. The monoisotopic (exact) mass is 381 g/mol. The van der Waals surface area contributed by atoms with Crippen molar-refractivity contribution in [2.45, 2.75) is 39.5 Å². The molecule has 0 radical (unpaired) electrons. The van der Waals surface area contributed by atoms with Gasteiger partial charge in [-0.2, -0.15) is 0 Å². The van der Waals surface area contributed by atoms with Crippen molar-refractivity contribution >= 4 is 11.9 Å². The van der Waals surface area contributed by atoms with Gasteiger partial charge in [0.05, 0.1) is 0 Å². The lowest BCUT2D eigenvalue weighted by Gasteiger charge is -2.38. The highest BCUT2D eigenvalue weighted by molar-refractivity contribution is 5.80. The molecule has 0 bridgehead atoms. The smallest absolute Gasteiger partial charge is 0.225 e. The molecule has 1 aliphatic heterocycles. The molecule has 0 unspecified atom stereocenters. The van der Waals surface area contributed by atoms with Crippen molar-refractivity contribution in [2.24, 2.45) is 16.8 Å². The van der Waals surface area contributed by atoms with Crippen LogP contribution in [0.1, 0.15) is 39.5 Å². The second-order valence-corrected chi connectivity index (χ2v) is 8.04. The maximum Gasteiger partial charge on any atom is 0.225 e. The highest BCUT2D eigenvalue weighted by Gasteiger charge is 2.30. The molecule has 1 amide bonds. The van der Waals surface area contributed by atoms with Crippen molar-refractivity contribution in [2.75, 3.05) is 66.1 Å². The molecule has 7 nitrogen and oxygen atoms in total. The highest BCUT2D eigenvalue weighted by atomic mass is 16.5. The molecule has 2 rings (SSSR count). The average molecular weight is 382 g/mol. The summed E-state index contributed by atoms with van der Waals surface area (Å²) >= 11 is 0. The Labute approximate surface area is 164 Å². The van der Waals surface area contributed by atoms with Crippen LogP contribution in [0.2, 0.25) is 0 Å². The number of guanidine groups is 1. The van der Waals surface area contributed by atoms with E-state index >= 15 is 0 Å². The molecule has 156 valence electrons. The minimum atomic E-state index is 0.323. The second-order valence-electron chi connectivity index (χ2n) is 8.04. The first-order chi connectivity index (χ1) is 13.1. The molecule has 27 heavy (non-hydrogen) atoms. The Morgan fingerprint density at radius 3 is 2.44 bits per heavy atom. The zero-order valence-corrected chi connectivity index (χ0v) is 17.5. The highest BCUT2D eigenvalue weighted by Crippen LogP contribution is 2.28. The molecule has 1 heterocycles. The first kappa shape index (κ1) is 22.0. The fourth-order valence-corrected chi connectivity index (χ4v) is 3.36. The van der Waals surface area contributed by atoms with Crippen molar-refractivity contribution in [3.63, 3.8) is 0 Å². The largest absolute Gasteiger partial charge is 0.381 e. The maximum absolute atomic E-state index is 12.3. The molecule has 2 N–H and O–H groups in total. The van der Waals surface area contributed by atoms with Crippen molar-refractivity contribution in [1.29, 1.82) is 0 Å². The van der Waals surface area contributed by atoms with E-state index in [9.17, 15) is 4.79 Å². The lowest BCUT2D eigenvalue weighted by atomic mass is 9.84. The number of nitrogens with zero attached hydrogens (tertiary/aromatic N) is 3. The number of carbonyl (C=O) groups excluding carboxylic acids is 1. The van der Waals surface area contributed by atoms with E-state index in [0.717, 1.165) is 84.2 Å². The molecule has 0 aromatic carbocycles. The molecular formula is C20H39N5O2. The van der Waals surface area contributed by atoms with Crippen LogP contribution >= 0.6 is 0 Å². The van der Waals surface area contributed by atoms with Gasteiger partial charge in [0, 0.05) is 72.0 Å². The van der Waals surface area contributed by atoms with Gasteiger partial charge in [-0.25, -0.2) is 0 Å². The van der Waals surface area contributed by atoms with E-state index in [-0.39, 0.29) is 0 Å². The van der Waals surface area contributed by atoms with Gasteiger partial charge in [-0.3, -0.25) is 14.7 Å². The van der Waals surface area contributed by atoms with Crippen LogP contribution in [0.3, 0.4) is 0 Å². The van der Waals surface area contributed by atoms with E-state index in [1.165, 1.54) is 6.42 Å². The normalized spacial score (nSPS) is 19.3. The standard InChI is InChI=1S/C20H39N5O2/c1-17(2)16-27-15-5-8-22-20(21-3)23-9-10-24-11-13-25(14-12-24)19(26)18-6-4-7-18/h17-18H,4-16H2,1-3H3,(H2,21,22,23). The quantitative estimate of drug-likeness (QED) is 0.338. The minimum absolute atomic E-state index is 0.323. The number of rotatable bonds is 10. The first-order valence-electron chi connectivity index (χ1n) is 10.6. The summed E-state index contributed by atoms with van der Waals surface area (Å²) in [5, 5.41) is 6.70. The Morgan fingerprint density at radius 2 is 1.85 bits per heavy atom. The van der Waals surface area contributed by atoms with E-state index in [4.69, 9.17) is 4.74 Å². The molecule has 1 saturated heterocycles. The predicted octanol–water partition coefficient (Wildman–Crippen LogP) is 1.16. The van der Waals surface area contributed by atoms with Crippen molar-refractivity contribution in [1.82, 2.24) is 20.4 Å². The summed E-state index contributed by atoms with van der Waals surface area (Å²) in [5.41, 5.74) is 0. The van der Waals surface area contributed by atoms with E-state index in [0.29, 0.717) is 17.7 Å². The lowest BCUT2D eigenvalue weighted by Crippen LogP contribution is -2.52. The van der Waals surface area contributed by atoms with Gasteiger partial charge in [-0.1, -0.05) is 20.3 Å². The van der Waals surface area contributed by atoms with Crippen LogP contribution in [0.25, 0.3) is 0 Å². The van der Waals surface area contributed by atoms with Crippen LogP contribution in [0.15, 0.2) is 4.99 Å². The zero-order chi connectivity index (χ0) is 19.5. The Balaban J connectivity index is 1.50. The fourth-order valence-electron chi connectivity index (χ4n) is 3.36. The molecular weight excluding hydrogens is 342 g/mol. The number of amides is 1. The predicted molar refractivity (Wildman–Crippen MR) is 110 cm³/mol. The van der Waals surface area contributed by atoms with Gasteiger partial charge in [-0.15, -0.1) is 0 Å². The van der Waals surface area contributed by atoms with Crippen LogP contribution in [0.4, 0.5) is 0 Å². The zero-order valence-electron chi connectivity index (χ0n) is 17.5. The van der Waals surface area contributed by atoms with Gasteiger partial charge >= 0.3 is 0 Å². The van der Waals surface area contributed by atoms with Crippen LogP contribution < -0.4 is 10.6 Å². The number of aliphatic imine (C=N–C) groups is 1. The summed E-state index contributed by atoms with van der Waals surface area (Å²) in [7, 11) is 1.80. The summed E-state index contributed by atoms with van der Waals surface area (Å²) in [4.78, 5) is 21.0. The van der Waals surface area contributed by atoms with E-state index < -0.39 is 0 Å². The lowest BCUT2D eigenvalue weighted by molar-refractivity contribution is -0.139. The third-order valence-corrected chi connectivity index (χ3v) is 5.29. The molecule has 0 aromatic heterocycles. The molecule has 1 aliphatic carbocycles. The molecule has 2 fully saturated rings. The van der Waals surface area contributed by atoms with E-state index in [1.54, 1.807) is 7.05 Å². The number of ether oxygens (including phenoxy) is 1. The topological polar surface area (TPSA) is 69.2 Å². The number of hydrogen-bond acceptors (Lipinski definition) is 4. The van der Waals surface area contributed by atoms with Crippen LogP contribution in [0, 0.1) is 11.8 Å². The molecule has 0 spiro atoms. The Bertz CT molecular complexity index is 457. The maximum atomic E-state index is 12.3. The SMILES string of the molecule is CN=C(NCCCOCC(C)C)NCCN1CCN(C(=O)C2CCC2)CC1. The van der Waals surface area contributed by atoms with Gasteiger partial charge in [0.15, 0.2) is 5.96 Å². The summed E-state index contributed by atoms with van der Waals surface area (Å²) in [6, 6.07) is 0. The Kier molecular flexibility index (Phi) is 9.91. The number of carbonyl (C=O) groups is 1. The van der Waals surface area contributed by atoms with Crippen LogP contribution in [0.5, 0.6) is 0 Å². The molecule has 0 atom stereocenters. The average Bonchev–Trinajstić information content (AvgIpc) is 2.61. The Hall–Kier alpha value is -1.34. The van der Waals surface area contributed by atoms with Gasteiger partial charge in [0.25, 0.3) is 0 Å². The third kappa shape index (κ3) is 8.05. The number of nitrogens with one attached hydrogen (secondary N) is 2. The summed E-state index contributed by atoms with van der Waals surface area (Å²) in [6.45, 7) is 12.3. The van der Waals surface area contributed by atoms with Gasteiger partial charge in [-0.05, 0) is 25.2 Å². The van der Waals surface area contributed by atoms with Crippen molar-refractivity contribution in [3.8, 4) is 0 Å². The second kappa shape index (κ2) is 12.2. The summed E-state index contributed by atoms with van der Waals surface area (Å²) in [6.07, 6.45) is 4.39. The van der Waals surface area contributed by atoms with Gasteiger partial charge in [0.2, 0.25) is 5.91 Å². The molecule has 7 heteroatoms. The number of hydrogen-bond donors (Lipinski definition) is 2. The van der Waals surface area contributed by atoms with Crippen molar-refractivity contribution < 1.29 is 9.53 Å². The van der Waals surface area contributed by atoms with Gasteiger partial charge < -0.3 is 20.3 Å². The fraction of sp³-hybridized carbons (Fsp3) is 0.900. The minimum Gasteiger partial charge on any atom is -0.381 e. The van der Waals surface area contributed by atoms with E-state index in [2.05, 4.69) is 39.3 Å². The molecule has 2 aliphatic rings. The summed E-state index contributed by atoms with van der Waals surface area (Å²) in [5.74, 6) is 2.15. The van der Waals surface area contributed by atoms with Crippen LogP contribution in [-0.4, -0.2) is 87.7 Å². The van der Waals surface area contributed by atoms with Crippen molar-refractivity contribution in [3.05, 3.63) is 0 Å². The van der Waals surface area contributed by atoms with Crippen LogP contribution in [-0.2, 0) is 9.53 Å². The van der Waals surface area contributed by atoms with E-state index in [1.807, 2.05) is 0 Å². The third-order valence-electron chi connectivity index (χ3n) is 5.29. The summed E-state index contributed by atoms with van der Waals surface area (Å²) < 4.78 is 5.59. The van der Waals surface area contributed by atoms with Gasteiger partial charge in [0.1, 0.15) is 0 Å².